The highest BCUT2D eigenvalue weighted by Crippen LogP contribution is 2.37. The van der Waals surface area contributed by atoms with Gasteiger partial charge in [0.05, 0.1) is 6.61 Å². The van der Waals surface area contributed by atoms with E-state index in [-0.39, 0.29) is 31.4 Å². The molecule has 0 aromatic heterocycles. The van der Waals surface area contributed by atoms with Gasteiger partial charge in [-0.05, 0) is 53.7 Å². The van der Waals surface area contributed by atoms with E-state index in [1.807, 2.05) is 0 Å². The lowest BCUT2D eigenvalue weighted by Gasteiger charge is -2.33. The van der Waals surface area contributed by atoms with Crippen LogP contribution in [0.3, 0.4) is 0 Å². The maximum atomic E-state index is 12.5. The van der Waals surface area contributed by atoms with Gasteiger partial charge in [0.15, 0.2) is 0 Å². The van der Waals surface area contributed by atoms with Crippen LogP contribution in [0.5, 0.6) is 0 Å². The minimum atomic E-state index is -0.731. The lowest BCUT2D eigenvalue weighted by molar-refractivity contribution is -0.149. The molecular formula is C22H35O3P. The van der Waals surface area contributed by atoms with Crippen LogP contribution in [0.25, 0.3) is 0 Å². The number of hydrogen-bond donors (Lipinski definition) is 0. The molecule has 0 amide bonds. The van der Waals surface area contributed by atoms with Gasteiger partial charge in [-0.2, -0.15) is 0 Å². The molecule has 0 aliphatic carbocycles. The fraction of sp³-hybridized carbons (Fsp3) is 0.636. The Morgan fingerprint density at radius 3 is 1.58 bits per heavy atom. The predicted molar refractivity (Wildman–Crippen MR) is 112 cm³/mol. The minimum Gasteiger partial charge on any atom is -0.460 e. The summed E-state index contributed by atoms with van der Waals surface area (Å²) in [5.74, 6) is -0.731. The first-order valence-electron chi connectivity index (χ1n) is 9.26. The van der Waals surface area contributed by atoms with Crippen molar-refractivity contribution in [2.75, 3.05) is 6.61 Å². The first-order chi connectivity index (χ1) is 11.6. The van der Waals surface area contributed by atoms with Crippen LogP contribution in [0.1, 0.15) is 85.9 Å². The molecule has 1 rings (SSSR count). The topological polar surface area (TPSA) is 43.4 Å². The smallest absolute Gasteiger partial charge is 0.379 e. The summed E-state index contributed by atoms with van der Waals surface area (Å²) >= 11 is 0. The summed E-state index contributed by atoms with van der Waals surface area (Å²) in [5, 5.41) is 0.996. The average Bonchev–Trinajstić information content (AvgIpc) is 2.43. The zero-order valence-electron chi connectivity index (χ0n) is 18.1. The van der Waals surface area contributed by atoms with E-state index in [1.54, 1.807) is 6.92 Å². The summed E-state index contributed by atoms with van der Waals surface area (Å²) < 4.78 is 4.92. The van der Waals surface area contributed by atoms with Crippen molar-refractivity contribution in [1.82, 2.24) is 0 Å². The highest BCUT2D eigenvalue weighted by molar-refractivity contribution is 7.68. The Labute approximate surface area is 161 Å². The molecule has 1 aromatic rings. The van der Waals surface area contributed by atoms with Crippen LogP contribution in [-0.4, -0.2) is 18.1 Å². The molecule has 1 unspecified atom stereocenters. The van der Waals surface area contributed by atoms with Gasteiger partial charge in [-0.15, -0.1) is 0 Å². The molecule has 0 saturated heterocycles. The summed E-state index contributed by atoms with van der Waals surface area (Å²) in [6, 6.07) is 4.44. The van der Waals surface area contributed by atoms with E-state index in [0.717, 1.165) is 16.4 Å². The number of ether oxygens (including phenoxy) is 1. The zero-order chi connectivity index (χ0) is 20.5. The van der Waals surface area contributed by atoms with Crippen molar-refractivity contribution in [2.45, 2.75) is 85.5 Å². The SMILES string of the molecule is CCOC(=O)C(=O)Pc1c(C(C)(C)C)cc(C(C)(C)C)cc1C(C)(C)C. The first-order valence-corrected chi connectivity index (χ1v) is 10.3. The molecule has 0 saturated carbocycles. The zero-order valence-corrected chi connectivity index (χ0v) is 19.1. The second kappa shape index (κ2) is 7.80. The van der Waals surface area contributed by atoms with Gasteiger partial charge in [-0.3, -0.25) is 4.79 Å². The van der Waals surface area contributed by atoms with E-state index in [0.29, 0.717) is 0 Å². The Balaban J connectivity index is 3.69. The number of esters is 1. The third kappa shape index (κ3) is 5.64. The van der Waals surface area contributed by atoms with Gasteiger partial charge >= 0.3 is 5.97 Å². The van der Waals surface area contributed by atoms with Crippen molar-refractivity contribution in [1.29, 1.82) is 0 Å². The molecule has 0 bridgehead atoms. The Morgan fingerprint density at radius 2 is 1.27 bits per heavy atom. The van der Waals surface area contributed by atoms with Crippen LogP contribution in [0.15, 0.2) is 12.1 Å². The van der Waals surface area contributed by atoms with Crippen LogP contribution in [-0.2, 0) is 30.6 Å². The number of rotatable bonds is 4. The van der Waals surface area contributed by atoms with Gasteiger partial charge < -0.3 is 4.74 Å². The maximum absolute atomic E-state index is 12.5. The van der Waals surface area contributed by atoms with Gasteiger partial charge in [0.2, 0.25) is 0 Å². The van der Waals surface area contributed by atoms with Gasteiger partial charge in [0.25, 0.3) is 5.52 Å². The first kappa shape index (κ1) is 22.8. The van der Waals surface area contributed by atoms with Crippen molar-refractivity contribution in [3.05, 3.63) is 28.8 Å². The number of hydrogen-bond acceptors (Lipinski definition) is 3. The highest BCUT2D eigenvalue weighted by Gasteiger charge is 2.31. The van der Waals surface area contributed by atoms with E-state index in [9.17, 15) is 9.59 Å². The molecule has 0 spiro atoms. The van der Waals surface area contributed by atoms with E-state index in [4.69, 9.17) is 4.74 Å². The predicted octanol–water partition coefficient (Wildman–Crippen LogP) is 4.97. The van der Waals surface area contributed by atoms with Crippen LogP contribution >= 0.6 is 8.58 Å². The van der Waals surface area contributed by atoms with Crippen molar-refractivity contribution < 1.29 is 14.3 Å². The summed E-state index contributed by atoms with van der Waals surface area (Å²) in [6.07, 6.45) is 0. The Hall–Kier alpha value is -1.21. The molecule has 3 nitrogen and oxygen atoms in total. The molecule has 0 fully saturated rings. The second-order valence-electron chi connectivity index (χ2n) is 9.87. The molecule has 0 radical (unpaired) electrons. The van der Waals surface area contributed by atoms with Crippen molar-refractivity contribution in [3.63, 3.8) is 0 Å². The minimum absolute atomic E-state index is 0.00674. The van der Waals surface area contributed by atoms with E-state index < -0.39 is 11.5 Å². The molecule has 26 heavy (non-hydrogen) atoms. The molecule has 1 atom stereocenters. The van der Waals surface area contributed by atoms with Crippen LogP contribution in [0, 0.1) is 0 Å². The quantitative estimate of drug-likeness (QED) is 0.422. The molecular weight excluding hydrogens is 343 g/mol. The molecule has 146 valence electrons. The normalized spacial score (nSPS) is 13.3. The monoisotopic (exact) mass is 378 g/mol. The van der Waals surface area contributed by atoms with Crippen molar-refractivity contribution >= 4 is 25.4 Å². The lowest BCUT2D eigenvalue weighted by Crippen LogP contribution is -2.31. The Bertz CT molecular complexity index is 648. The van der Waals surface area contributed by atoms with E-state index >= 15 is 0 Å². The van der Waals surface area contributed by atoms with Gasteiger partial charge in [0, 0.05) is 0 Å². The van der Waals surface area contributed by atoms with E-state index in [2.05, 4.69) is 74.4 Å². The van der Waals surface area contributed by atoms with Crippen molar-refractivity contribution in [2.24, 2.45) is 0 Å². The lowest BCUT2D eigenvalue weighted by atomic mass is 9.75. The average molecular weight is 378 g/mol. The fourth-order valence-corrected chi connectivity index (χ4v) is 4.32. The van der Waals surface area contributed by atoms with Crippen molar-refractivity contribution in [3.8, 4) is 0 Å². The van der Waals surface area contributed by atoms with Crippen LogP contribution in [0.2, 0.25) is 0 Å². The summed E-state index contributed by atoms with van der Waals surface area (Å²) in [5.41, 5.74) is 2.84. The largest absolute Gasteiger partial charge is 0.460 e. The second-order valence-corrected chi connectivity index (χ2v) is 11.1. The third-order valence-corrected chi connectivity index (χ3v) is 5.54. The van der Waals surface area contributed by atoms with Crippen LogP contribution < -0.4 is 5.30 Å². The summed E-state index contributed by atoms with van der Waals surface area (Å²) in [6.45, 7) is 21.5. The number of carbonyl (C=O) groups excluding carboxylic acids is 2. The molecule has 1 aromatic carbocycles. The molecule has 0 aliphatic heterocycles. The highest BCUT2D eigenvalue weighted by atomic mass is 31.1. The third-order valence-electron chi connectivity index (χ3n) is 4.32. The molecule has 4 heteroatoms. The van der Waals surface area contributed by atoms with Gasteiger partial charge in [0.1, 0.15) is 0 Å². The summed E-state index contributed by atoms with van der Waals surface area (Å²) in [7, 11) is -0.220. The Kier molecular flexibility index (Phi) is 6.85. The standard InChI is InChI=1S/C22H35O3P/c1-11-25-18(23)19(24)26-17-15(21(5,6)7)12-14(20(2,3)4)13-16(17)22(8,9)10/h12-13,26H,11H2,1-10H3. The maximum Gasteiger partial charge on any atom is 0.379 e. The molecule has 0 N–H and O–H groups in total. The molecule has 0 aliphatic rings. The van der Waals surface area contributed by atoms with E-state index in [1.165, 1.54) is 5.56 Å². The number of benzene rings is 1. The molecule has 0 heterocycles. The Morgan fingerprint density at radius 1 is 0.846 bits per heavy atom. The van der Waals surface area contributed by atoms with Crippen LogP contribution in [0.4, 0.5) is 0 Å². The van der Waals surface area contributed by atoms with Gasteiger partial charge in [-0.25, -0.2) is 4.79 Å². The fourth-order valence-electron chi connectivity index (χ4n) is 2.75. The van der Waals surface area contributed by atoms with Gasteiger partial charge in [-0.1, -0.05) is 74.4 Å². The summed E-state index contributed by atoms with van der Waals surface area (Å²) in [4.78, 5) is 24.4. The number of carbonyl (C=O) groups is 2.